The second kappa shape index (κ2) is 19.5. The van der Waals surface area contributed by atoms with E-state index >= 15 is 4.39 Å². The van der Waals surface area contributed by atoms with Gasteiger partial charge < -0.3 is 33.5 Å². The van der Waals surface area contributed by atoms with E-state index in [0.717, 1.165) is 22.3 Å². The smallest absolute Gasteiger partial charge is 0.225 e. The second-order valence-electron chi connectivity index (χ2n) is 14.0. The molecule has 294 valence electrons. The fourth-order valence-electron chi connectivity index (χ4n) is 7.15. The van der Waals surface area contributed by atoms with Crippen LogP contribution in [0.2, 0.25) is 5.02 Å². The van der Waals surface area contributed by atoms with Crippen LogP contribution in [0.4, 0.5) is 4.39 Å². The minimum absolute atomic E-state index is 0.162. The quantitative estimate of drug-likeness (QED) is 0.0987. The first-order valence-electron chi connectivity index (χ1n) is 19.0. The number of methoxy groups -OCH3 is 1. The Labute approximate surface area is 338 Å². The summed E-state index contributed by atoms with van der Waals surface area (Å²) in [4.78, 5) is 0. The van der Waals surface area contributed by atoms with E-state index < -0.39 is 36.0 Å². The fraction of sp³-hybridized carbons (Fsp3) is 0.250. The largest absolute Gasteiger partial charge is 0.486 e. The van der Waals surface area contributed by atoms with Crippen molar-refractivity contribution in [2.45, 2.75) is 63.1 Å². The van der Waals surface area contributed by atoms with Gasteiger partial charge in [-0.1, -0.05) is 145 Å². The van der Waals surface area contributed by atoms with Crippen molar-refractivity contribution >= 4 is 11.6 Å². The van der Waals surface area contributed by atoms with Gasteiger partial charge in [0.15, 0.2) is 11.6 Å². The number of rotatable bonds is 17. The molecule has 0 saturated carbocycles. The second-order valence-corrected chi connectivity index (χ2v) is 14.4. The molecule has 57 heavy (non-hydrogen) atoms. The van der Waals surface area contributed by atoms with Crippen LogP contribution in [-0.2, 0) is 62.3 Å². The van der Waals surface area contributed by atoms with Crippen molar-refractivity contribution in [2.24, 2.45) is 0 Å². The molecule has 0 bridgehead atoms. The molecule has 5 atom stereocenters. The molecule has 0 aliphatic carbocycles. The normalized spacial score (nSPS) is 20.6. The number of aliphatic hydroxyl groups excluding tert-OH is 1. The highest BCUT2D eigenvalue weighted by molar-refractivity contribution is 6.31. The zero-order chi connectivity index (χ0) is 39.5. The van der Waals surface area contributed by atoms with Gasteiger partial charge in [-0.15, -0.1) is 0 Å². The summed E-state index contributed by atoms with van der Waals surface area (Å²) in [7, 11) is 1.55. The van der Waals surface area contributed by atoms with E-state index in [1.54, 1.807) is 19.2 Å². The minimum Gasteiger partial charge on any atom is -0.486 e. The Bertz CT molecular complexity index is 2140. The van der Waals surface area contributed by atoms with Gasteiger partial charge in [-0.05, 0) is 64.1 Å². The van der Waals surface area contributed by atoms with Gasteiger partial charge in [-0.25, -0.2) is 4.39 Å². The maximum atomic E-state index is 15.4. The average Bonchev–Trinajstić information content (AvgIpc) is 3.26. The van der Waals surface area contributed by atoms with Crippen molar-refractivity contribution in [3.63, 3.8) is 0 Å². The van der Waals surface area contributed by atoms with Gasteiger partial charge in [0.1, 0.15) is 31.0 Å². The Morgan fingerprint density at radius 2 is 1.14 bits per heavy atom. The zero-order valence-corrected chi connectivity index (χ0v) is 32.5. The molecule has 7 nitrogen and oxygen atoms in total. The molecule has 9 heteroatoms. The molecule has 0 amide bonds. The summed E-state index contributed by atoms with van der Waals surface area (Å²) >= 11 is 6.85. The van der Waals surface area contributed by atoms with Crippen molar-refractivity contribution in [3.8, 4) is 5.75 Å². The lowest BCUT2D eigenvalue weighted by Crippen LogP contribution is -2.66. The first kappa shape index (κ1) is 40.3. The lowest BCUT2D eigenvalue weighted by molar-refractivity contribution is -0.384. The third-order valence-electron chi connectivity index (χ3n) is 10.1. The maximum Gasteiger partial charge on any atom is 0.225 e. The number of hydrogen-bond donors (Lipinski definition) is 1. The molecular weight excluding hydrogens is 743 g/mol. The predicted octanol–water partition coefficient (Wildman–Crippen LogP) is 9.60. The van der Waals surface area contributed by atoms with E-state index in [-0.39, 0.29) is 38.8 Å². The van der Waals surface area contributed by atoms with Crippen LogP contribution in [0.25, 0.3) is 0 Å². The third-order valence-corrected chi connectivity index (χ3v) is 10.5. The molecule has 1 N–H and O–H groups in total. The molecule has 6 aromatic rings. The van der Waals surface area contributed by atoms with Crippen molar-refractivity contribution < 1.29 is 37.9 Å². The van der Waals surface area contributed by atoms with E-state index in [2.05, 4.69) is 0 Å². The summed E-state index contributed by atoms with van der Waals surface area (Å²) in [5, 5.41) is 11.4. The molecule has 1 aliphatic rings. The van der Waals surface area contributed by atoms with Gasteiger partial charge in [0, 0.05) is 17.7 Å². The highest BCUT2D eigenvalue weighted by Gasteiger charge is 2.58. The lowest BCUT2D eigenvalue weighted by Gasteiger charge is -2.52. The van der Waals surface area contributed by atoms with Crippen LogP contribution < -0.4 is 4.74 Å². The molecule has 0 aromatic heterocycles. The van der Waals surface area contributed by atoms with Crippen molar-refractivity contribution in [3.05, 3.63) is 208 Å². The SMILES string of the molecule is CO[C@@]1(c2ccc(Cl)c(Cc3ccc(OCc4ccccc4)c(F)c3)c2)O[C@H](CO)[C@@H](OCc2ccccc2)[C@H](OCc2ccccc2)[C@H]1OCc1ccccc1. The highest BCUT2D eigenvalue weighted by atomic mass is 35.5. The van der Waals surface area contributed by atoms with E-state index in [4.69, 9.17) is 40.0 Å². The predicted molar refractivity (Wildman–Crippen MR) is 217 cm³/mol. The van der Waals surface area contributed by atoms with Crippen molar-refractivity contribution in [2.75, 3.05) is 13.7 Å². The van der Waals surface area contributed by atoms with Crippen LogP contribution in [0.5, 0.6) is 5.75 Å². The van der Waals surface area contributed by atoms with Gasteiger partial charge in [-0.2, -0.15) is 0 Å². The number of aliphatic hydroxyl groups is 1. The van der Waals surface area contributed by atoms with E-state index in [0.29, 0.717) is 28.1 Å². The monoisotopic (exact) mass is 788 g/mol. The fourth-order valence-corrected chi connectivity index (χ4v) is 7.34. The first-order valence-corrected chi connectivity index (χ1v) is 19.4. The molecule has 1 saturated heterocycles. The summed E-state index contributed by atoms with van der Waals surface area (Å²) in [5.41, 5.74) is 5.77. The van der Waals surface area contributed by atoms with Crippen LogP contribution in [0, 0.1) is 5.82 Å². The molecule has 1 aliphatic heterocycles. The molecule has 0 unspecified atom stereocenters. The molecule has 6 aromatic carbocycles. The standard InChI is InChI=1S/C48H46ClFO7/c1-52-48(40-23-24-41(49)39(28-40)26-38-22-25-43(42(50)27-38)53-30-34-14-6-2-7-15-34)47(56-33-37-20-12-5-13-21-37)46(55-32-36-18-10-4-11-19-36)45(44(29-51)57-48)54-31-35-16-8-3-9-17-35/h2-25,27-28,44-47,51H,26,29-33H2,1H3/t44-,45-,46+,47-,48+/m1/s1. The first-order chi connectivity index (χ1) is 28.0. The molecular formula is C48H46ClFO7. The molecule has 1 heterocycles. The number of hydrogen-bond acceptors (Lipinski definition) is 7. The van der Waals surface area contributed by atoms with Crippen molar-refractivity contribution in [1.29, 1.82) is 0 Å². The molecule has 0 radical (unpaired) electrons. The molecule has 1 fully saturated rings. The number of ether oxygens (including phenoxy) is 6. The Morgan fingerprint density at radius 3 is 1.67 bits per heavy atom. The van der Waals surface area contributed by atoms with Crippen LogP contribution in [0.3, 0.4) is 0 Å². The van der Waals surface area contributed by atoms with Crippen LogP contribution in [0.15, 0.2) is 158 Å². The number of halogens is 2. The highest BCUT2D eigenvalue weighted by Crippen LogP contribution is 2.44. The van der Waals surface area contributed by atoms with Gasteiger partial charge in [0.2, 0.25) is 5.79 Å². The Hall–Kier alpha value is -4.90. The van der Waals surface area contributed by atoms with Crippen molar-refractivity contribution in [1.82, 2.24) is 0 Å². The average molecular weight is 789 g/mol. The molecule has 7 rings (SSSR count). The van der Waals surface area contributed by atoms with Gasteiger partial charge >= 0.3 is 0 Å². The van der Waals surface area contributed by atoms with E-state index in [1.807, 2.05) is 140 Å². The Balaban J connectivity index is 1.23. The van der Waals surface area contributed by atoms with Crippen LogP contribution in [-0.4, -0.2) is 43.2 Å². The summed E-state index contributed by atoms with van der Waals surface area (Å²) in [6.07, 6.45) is -3.05. The Morgan fingerprint density at radius 1 is 0.614 bits per heavy atom. The third kappa shape index (κ3) is 9.98. The maximum absolute atomic E-state index is 15.4. The topological polar surface area (TPSA) is 75.6 Å². The number of benzene rings is 6. The zero-order valence-electron chi connectivity index (χ0n) is 31.7. The summed E-state index contributed by atoms with van der Waals surface area (Å²) in [5.74, 6) is -1.91. The Kier molecular flexibility index (Phi) is 13.8. The van der Waals surface area contributed by atoms with Gasteiger partial charge in [0.05, 0.1) is 26.4 Å². The summed E-state index contributed by atoms with van der Waals surface area (Å²) < 4.78 is 54.7. The van der Waals surface area contributed by atoms with Crippen LogP contribution in [0.1, 0.15) is 38.9 Å². The van der Waals surface area contributed by atoms with Crippen LogP contribution >= 0.6 is 11.6 Å². The van der Waals surface area contributed by atoms with E-state index in [9.17, 15) is 5.11 Å². The van der Waals surface area contributed by atoms with E-state index in [1.165, 1.54) is 6.07 Å². The molecule has 0 spiro atoms. The minimum atomic E-state index is -1.60. The van der Waals surface area contributed by atoms with Gasteiger partial charge in [0.25, 0.3) is 0 Å². The van der Waals surface area contributed by atoms with Gasteiger partial charge in [-0.3, -0.25) is 0 Å². The lowest BCUT2D eigenvalue weighted by atomic mass is 9.86. The summed E-state index contributed by atoms with van der Waals surface area (Å²) in [6, 6.07) is 49.5. The summed E-state index contributed by atoms with van der Waals surface area (Å²) in [6.45, 7) is 0.557.